The second-order valence-corrected chi connectivity index (χ2v) is 4.97. The molecule has 0 aliphatic rings. The van der Waals surface area contributed by atoms with Gasteiger partial charge in [-0.1, -0.05) is 5.21 Å². The number of hydrogen-bond acceptors (Lipinski definition) is 5. The second kappa shape index (κ2) is 3.99. The lowest BCUT2D eigenvalue weighted by Crippen LogP contribution is -2.16. The molecule has 0 spiro atoms. The first-order valence-corrected chi connectivity index (χ1v) is 5.99. The van der Waals surface area contributed by atoms with Gasteiger partial charge in [0.25, 0.3) is 0 Å². The van der Waals surface area contributed by atoms with Crippen molar-refractivity contribution in [3.8, 4) is 0 Å². The van der Waals surface area contributed by atoms with Gasteiger partial charge in [0, 0.05) is 12.4 Å². The van der Waals surface area contributed by atoms with Crippen LogP contribution in [0.5, 0.6) is 0 Å². The summed E-state index contributed by atoms with van der Waals surface area (Å²) in [6.45, 7) is 1.96. The minimum Gasteiger partial charge on any atom is -0.318 e. The van der Waals surface area contributed by atoms with Crippen LogP contribution in [-0.2, 0) is 7.05 Å². The van der Waals surface area contributed by atoms with Crippen molar-refractivity contribution in [2.45, 2.75) is 13.0 Å². The Morgan fingerprint density at radius 2 is 2.33 bits per heavy atom. The average Bonchev–Trinajstić information content (AvgIpc) is 2.73. The van der Waals surface area contributed by atoms with Crippen LogP contribution < -0.4 is 5.73 Å². The number of rotatable bonds is 2. The van der Waals surface area contributed by atoms with E-state index in [-0.39, 0.29) is 6.04 Å². The van der Waals surface area contributed by atoms with Crippen LogP contribution in [0.2, 0.25) is 0 Å². The molecule has 2 heterocycles. The molecule has 0 aromatic carbocycles. The van der Waals surface area contributed by atoms with E-state index < -0.39 is 0 Å². The normalized spacial score (nSPS) is 13.1. The SMILES string of the molecule is Cc1nc(C(N)c2c(Br)nnn2C)cs1. The lowest BCUT2D eigenvalue weighted by atomic mass is 10.2. The van der Waals surface area contributed by atoms with Crippen LogP contribution in [0.4, 0.5) is 0 Å². The fraction of sp³-hybridized carbons (Fsp3) is 0.375. The standard InChI is InChI=1S/C8H10BrN5S/c1-4-11-5(3-15-4)6(10)7-8(9)12-13-14(7)2/h3,6H,10H2,1-2H3. The molecule has 2 aromatic rings. The van der Waals surface area contributed by atoms with Gasteiger partial charge in [-0.15, -0.1) is 16.4 Å². The van der Waals surface area contributed by atoms with E-state index in [1.165, 1.54) is 0 Å². The number of nitrogens with two attached hydrogens (primary N) is 1. The van der Waals surface area contributed by atoms with Gasteiger partial charge in [0.2, 0.25) is 0 Å². The largest absolute Gasteiger partial charge is 0.318 e. The van der Waals surface area contributed by atoms with Crippen molar-refractivity contribution in [1.29, 1.82) is 0 Å². The number of thiazole rings is 1. The van der Waals surface area contributed by atoms with E-state index in [0.717, 1.165) is 16.4 Å². The number of aryl methyl sites for hydroxylation is 2. The smallest absolute Gasteiger partial charge is 0.153 e. The second-order valence-electron chi connectivity index (χ2n) is 3.16. The molecule has 0 saturated carbocycles. The molecule has 15 heavy (non-hydrogen) atoms. The Bertz CT molecular complexity index is 458. The van der Waals surface area contributed by atoms with Crippen LogP contribution in [0.1, 0.15) is 22.4 Å². The molecule has 1 atom stereocenters. The maximum Gasteiger partial charge on any atom is 0.153 e. The molecule has 7 heteroatoms. The molecule has 80 valence electrons. The van der Waals surface area contributed by atoms with Crippen molar-refractivity contribution in [2.24, 2.45) is 12.8 Å². The van der Waals surface area contributed by atoms with Crippen LogP contribution in [0.3, 0.4) is 0 Å². The minimum absolute atomic E-state index is 0.288. The maximum absolute atomic E-state index is 6.09. The van der Waals surface area contributed by atoms with Crippen molar-refractivity contribution in [1.82, 2.24) is 20.0 Å². The topological polar surface area (TPSA) is 69.6 Å². The summed E-state index contributed by atoms with van der Waals surface area (Å²) < 4.78 is 2.33. The Morgan fingerprint density at radius 3 is 2.80 bits per heavy atom. The summed E-state index contributed by atoms with van der Waals surface area (Å²) in [5, 5.41) is 10.7. The number of halogens is 1. The lowest BCUT2D eigenvalue weighted by Gasteiger charge is -2.08. The summed E-state index contributed by atoms with van der Waals surface area (Å²) in [5.74, 6) is 0. The number of aromatic nitrogens is 4. The first-order valence-electron chi connectivity index (χ1n) is 4.32. The zero-order chi connectivity index (χ0) is 11.0. The molecule has 0 fully saturated rings. The third kappa shape index (κ3) is 1.95. The molecule has 2 aromatic heterocycles. The van der Waals surface area contributed by atoms with E-state index in [1.807, 2.05) is 19.4 Å². The molecule has 0 saturated heterocycles. The molecule has 2 N–H and O–H groups in total. The Labute approximate surface area is 99.4 Å². The average molecular weight is 288 g/mol. The highest BCUT2D eigenvalue weighted by molar-refractivity contribution is 9.10. The Morgan fingerprint density at radius 1 is 1.60 bits per heavy atom. The van der Waals surface area contributed by atoms with Gasteiger partial charge in [-0.2, -0.15) is 0 Å². The number of nitrogens with zero attached hydrogens (tertiary/aromatic N) is 4. The predicted molar refractivity (Wildman–Crippen MR) is 61.6 cm³/mol. The van der Waals surface area contributed by atoms with Gasteiger partial charge in [-0.25, -0.2) is 9.67 Å². The first-order chi connectivity index (χ1) is 7.09. The van der Waals surface area contributed by atoms with E-state index in [0.29, 0.717) is 4.60 Å². The van der Waals surface area contributed by atoms with Crippen molar-refractivity contribution >= 4 is 27.3 Å². The Kier molecular flexibility index (Phi) is 2.85. The van der Waals surface area contributed by atoms with Crippen LogP contribution in [0, 0.1) is 6.92 Å². The van der Waals surface area contributed by atoms with Gasteiger partial charge in [0.15, 0.2) is 4.60 Å². The van der Waals surface area contributed by atoms with Crippen LogP contribution in [0.15, 0.2) is 9.98 Å². The van der Waals surface area contributed by atoms with E-state index in [4.69, 9.17) is 5.73 Å². The van der Waals surface area contributed by atoms with Crippen LogP contribution >= 0.6 is 27.3 Å². The number of hydrogen-bond donors (Lipinski definition) is 1. The van der Waals surface area contributed by atoms with E-state index in [2.05, 4.69) is 31.2 Å². The Hall–Kier alpha value is -0.790. The molecule has 5 nitrogen and oxygen atoms in total. The molecule has 0 aliphatic heterocycles. The predicted octanol–water partition coefficient (Wildman–Crippen LogP) is 1.39. The third-order valence-electron chi connectivity index (χ3n) is 2.08. The lowest BCUT2D eigenvalue weighted by molar-refractivity contribution is 0.645. The van der Waals surface area contributed by atoms with E-state index >= 15 is 0 Å². The molecule has 0 bridgehead atoms. The van der Waals surface area contributed by atoms with Gasteiger partial charge >= 0.3 is 0 Å². The molecule has 0 amide bonds. The summed E-state index contributed by atoms with van der Waals surface area (Å²) in [7, 11) is 1.81. The van der Waals surface area contributed by atoms with Crippen molar-refractivity contribution in [3.63, 3.8) is 0 Å². The van der Waals surface area contributed by atoms with Crippen molar-refractivity contribution < 1.29 is 0 Å². The van der Waals surface area contributed by atoms with Crippen LogP contribution in [0.25, 0.3) is 0 Å². The highest BCUT2D eigenvalue weighted by Crippen LogP contribution is 2.25. The van der Waals surface area contributed by atoms with Crippen molar-refractivity contribution in [2.75, 3.05) is 0 Å². The van der Waals surface area contributed by atoms with Gasteiger partial charge in [0.1, 0.15) is 0 Å². The van der Waals surface area contributed by atoms with Gasteiger partial charge in [-0.05, 0) is 22.9 Å². The summed E-state index contributed by atoms with van der Waals surface area (Å²) >= 11 is 4.91. The van der Waals surface area contributed by atoms with E-state index in [1.54, 1.807) is 16.0 Å². The molecule has 0 aliphatic carbocycles. The van der Waals surface area contributed by atoms with Crippen molar-refractivity contribution in [3.05, 3.63) is 26.4 Å². The fourth-order valence-corrected chi connectivity index (χ4v) is 2.55. The Balaban J connectivity index is 2.40. The van der Waals surface area contributed by atoms with E-state index in [9.17, 15) is 0 Å². The monoisotopic (exact) mass is 287 g/mol. The summed E-state index contributed by atoms with van der Waals surface area (Å²) in [6.07, 6.45) is 0. The minimum atomic E-state index is -0.288. The summed E-state index contributed by atoms with van der Waals surface area (Å²) in [4.78, 5) is 4.35. The highest BCUT2D eigenvalue weighted by atomic mass is 79.9. The zero-order valence-corrected chi connectivity index (χ0v) is 10.7. The zero-order valence-electron chi connectivity index (χ0n) is 8.31. The molecular formula is C8H10BrN5S. The third-order valence-corrected chi connectivity index (χ3v) is 3.43. The summed E-state index contributed by atoms with van der Waals surface area (Å²) in [5.41, 5.74) is 7.77. The molecule has 2 rings (SSSR count). The van der Waals surface area contributed by atoms with Gasteiger partial charge in [0.05, 0.1) is 22.4 Å². The summed E-state index contributed by atoms with van der Waals surface area (Å²) in [6, 6.07) is -0.288. The molecule has 0 radical (unpaired) electrons. The van der Waals surface area contributed by atoms with Gasteiger partial charge < -0.3 is 5.73 Å². The maximum atomic E-state index is 6.09. The molecular weight excluding hydrogens is 278 g/mol. The molecule has 1 unspecified atom stereocenters. The fourth-order valence-electron chi connectivity index (χ4n) is 1.33. The quantitative estimate of drug-likeness (QED) is 0.906. The van der Waals surface area contributed by atoms with Gasteiger partial charge in [-0.3, -0.25) is 0 Å². The van der Waals surface area contributed by atoms with Crippen LogP contribution in [-0.4, -0.2) is 20.0 Å². The first kappa shape index (κ1) is 10.7. The highest BCUT2D eigenvalue weighted by Gasteiger charge is 2.19.